The van der Waals surface area contributed by atoms with Crippen molar-refractivity contribution in [3.63, 3.8) is 0 Å². The molecular formula is C26H34Cl3N3O5S. The van der Waals surface area contributed by atoms with Gasteiger partial charge in [0.2, 0.25) is 21.8 Å². The van der Waals surface area contributed by atoms with Gasteiger partial charge >= 0.3 is 0 Å². The second-order valence-corrected chi connectivity index (χ2v) is 12.2. The van der Waals surface area contributed by atoms with Gasteiger partial charge in [0.05, 0.1) is 34.1 Å². The molecule has 0 heterocycles. The van der Waals surface area contributed by atoms with Crippen LogP contribution in [-0.2, 0) is 26.2 Å². The highest BCUT2D eigenvalue weighted by Crippen LogP contribution is 2.30. The average molecular weight is 607 g/mol. The maximum absolute atomic E-state index is 13.5. The summed E-state index contributed by atoms with van der Waals surface area (Å²) in [6, 6.07) is 8.91. The third-order valence-corrected chi connectivity index (χ3v) is 7.96. The van der Waals surface area contributed by atoms with Gasteiger partial charge in [0.15, 0.2) is 0 Å². The lowest BCUT2D eigenvalue weighted by molar-refractivity contribution is -0.141. The van der Waals surface area contributed by atoms with E-state index in [2.05, 4.69) is 5.32 Å². The number of methoxy groups -OCH3 is 1. The first kappa shape index (κ1) is 32.0. The second-order valence-electron chi connectivity index (χ2n) is 9.11. The molecule has 0 bridgehead atoms. The van der Waals surface area contributed by atoms with Crippen molar-refractivity contribution in [1.29, 1.82) is 0 Å². The van der Waals surface area contributed by atoms with Crippen LogP contribution in [0.2, 0.25) is 15.1 Å². The smallest absolute Gasteiger partial charge is 0.243 e. The van der Waals surface area contributed by atoms with E-state index in [1.165, 1.54) is 22.4 Å². The normalized spacial score (nSPS) is 12.2. The molecular weight excluding hydrogens is 573 g/mol. The molecule has 38 heavy (non-hydrogen) atoms. The molecule has 0 spiro atoms. The number of carbonyl (C=O) groups excluding carboxylic acids is 2. The van der Waals surface area contributed by atoms with Gasteiger partial charge in [-0.2, -0.15) is 0 Å². The van der Waals surface area contributed by atoms with E-state index in [1.807, 2.05) is 20.8 Å². The molecule has 0 aromatic heterocycles. The fourth-order valence-corrected chi connectivity index (χ4v) is 5.48. The Morgan fingerprint density at radius 3 is 2.24 bits per heavy atom. The van der Waals surface area contributed by atoms with Gasteiger partial charge in [-0.3, -0.25) is 13.9 Å². The quantitative estimate of drug-likeness (QED) is 0.323. The van der Waals surface area contributed by atoms with Gasteiger partial charge in [0.1, 0.15) is 11.8 Å². The molecule has 2 aromatic carbocycles. The third kappa shape index (κ3) is 8.93. The van der Waals surface area contributed by atoms with Crippen LogP contribution in [0.3, 0.4) is 0 Å². The number of rotatable bonds is 13. The monoisotopic (exact) mass is 605 g/mol. The molecule has 2 aromatic rings. The first-order chi connectivity index (χ1) is 17.8. The molecule has 1 N–H and O–H groups in total. The van der Waals surface area contributed by atoms with E-state index in [0.29, 0.717) is 33.5 Å². The molecule has 12 heteroatoms. The Hall–Kier alpha value is -2.20. The average Bonchev–Trinajstić information content (AvgIpc) is 2.82. The third-order valence-electron chi connectivity index (χ3n) is 5.73. The zero-order valence-electron chi connectivity index (χ0n) is 22.1. The number of benzene rings is 2. The predicted octanol–water partition coefficient (Wildman–Crippen LogP) is 5.53. The lowest BCUT2D eigenvalue weighted by atomic mass is 10.1. The van der Waals surface area contributed by atoms with Crippen molar-refractivity contribution in [2.24, 2.45) is 0 Å². The van der Waals surface area contributed by atoms with Gasteiger partial charge in [0.25, 0.3) is 0 Å². The van der Waals surface area contributed by atoms with Crippen molar-refractivity contribution in [3.05, 3.63) is 57.0 Å². The number of nitrogens with one attached hydrogen (secondary N) is 1. The minimum absolute atomic E-state index is 0.0166. The van der Waals surface area contributed by atoms with E-state index in [-0.39, 0.29) is 48.8 Å². The second kappa shape index (κ2) is 14.3. The first-order valence-electron chi connectivity index (χ1n) is 12.1. The summed E-state index contributed by atoms with van der Waals surface area (Å²) >= 11 is 18.4. The van der Waals surface area contributed by atoms with E-state index in [0.717, 1.165) is 6.26 Å². The van der Waals surface area contributed by atoms with Crippen LogP contribution < -0.4 is 14.4 Å². The van der Waals surface area contributed by atoms with Crippen LogP contribution in [0.15, 0.2) is 36.4 Å². The number of amides is 2. The molecule has 2 rings (SSSR count). The lowest BCUT2D eigenvalue weighted by Crippen LogP contribution is -2.50. The minimum Gasteiger partial charge on any atom is -0.495 e. The molecule has 0 aliphatic rings. The van der Waals surface area contributed by atoms with Crippen molar-refractivity contribution in [3.8, 4) is 5.75 Å². The minimum atomic E-state index is -3.66. The Bertz CT molecular complexity index is 1240. The molecule has 8 nitrogen and oxygen atoms in total. The Morgan fingerprint density at radius 1 is 1.03 bits per heavy atom. The summed E-state index contributed by atoms with van der Waals surface area (Å²) in [6.45, 7) is 5.72. The van der Waals surface area contributed by atoms with E-state index in [9.17, 15) is 18.0 Å². The Labute approximate surface area is 240 Å². The molecule has 1 unspecified atom stereocenters. The fourth-order valence-electron chi connectivity index (χ4n) is 3.95. The van der Waals surface area contributed by atoms with Crippen molar-refractivity contribution in [1.82, 2.24) is 10.2 Å². The Balaban J connectivity index is 2.26. The number of hydrogen-bond donors (Lipinski definition) is 1. The zero-order valence-corrected chi connectivity index (χ0v) is 25.2. The van der Waals surface area contributed by atoms with E-state index < -0.39 is 16.1 Å². The van der Waals surface area contributed by atoms with Crippen LogP contribution in [0, 0.1) is 0 Å². The lowest BCUT2D eigenvalue weighted by Gasteiger charge is -2.31. The van der Waals surface area contributed by atoms with Crippen molar-refractivity contribution in [2.75, 3.05) is 24.2 Å². The van der Waals surface area contributed by atoms with Gasteiger partial charge in [0, 0.05) is 25.6 Å². The summed E-state index contributed by atoms with van der Waals surface area (Å²) in [7, 11) is -2.19. The van der Waals surface area contributed by atoms with Gasteiger partial charge < -0.3 is 15.0 Å². The van der Waals surface area contributed by atoms with Crippen LogP contribution in [-0.4, -0.2) is 57.1 Å². The fraction of sp³-hybridized carbons (Fsp3) is 0.462. The maximum atomic E-state index is 13.5. The Kier molecular flexibility index (Phi) is 12.0. The SMILES string of the molecule is CCC(C(=O)NC(C)C)N(Cc1ccc(Cl)c(Cl)c1)C(=O)CCCN(c1ccc(OC)c(Cl)c1)S(C)(=O)=O. The van der Waals surface area contributed by atoms with Gasteiger partial charge in [-0.25, -0.2) is 8.42 Å². The van der Waals surface area contributed by atoms with Crippen LogP contribution in [0.25, 0.3) is 0 Å². The van der Waals surface area contributed by atoms with Crippen LogP contribution in [0.1, 0.15) is 45.6 Å². The molecule has 0 fully saturated rings. The summed E-state index contributed by atoms with van der Waals surface area (Å²) in [5.74, 6) is -0.133. The molecule has 0 aliphatic heterocycles. The topological polar surface area (TPSA) is 96.0 Å². The van der Waals surface area contributed by atoms with E-state index in [1.54, 1.807) is 30.3 Å². The standard InChI is InChI=1S/C26H34Cl3N3O5S/c1-6-23(26(34)30-17(2)3)31(16-18-9-11-20(27)21(28)14-18)25(33)8-7-13-32(38(5,35)36)19-10-12-24(37-4)22(29)15-19/h9-12,14-15,17,23H,6-8,13,16H2,1-5H3,(H,30,34). The number of nitrogens with zero attached hydrogens (tertiary/aromatic N) is 2. The highest BCUT2D eigenvalue weighted by atomic mass is 35.5. The molecule has 1 atom stereocenters. The van der Waals surface area contributed by atoms with Crippen molar-refractivity contribution in [2.45, 2.75) is 58.7 Å². The first-order valence-corrected chi connectivity index (χ1v) is 15.1. The Morgan fingerprint density at radius 2 is 1.71 bits per heavy atom. The maximum Gasteiger partial charge on any atom is 0.243 e. The largest absolute Gasteiger partial charge is 0.495 e. The van der Waals surface area contributed by atoms with Crippen molar-refractivity contribution >= 4 is 62.3 Å². The zero-order chi connectivity index (χ0) is 28.6. The molecule has 210 valence electrons. The molecule has 0 radical (unpaired) electrons. The summed E-state index contributed by atoms with van der Waals surface area (Å²) in [5, 5.41) is 3.88. The van der Waals surface area contributed by atoms with E-state index >= 15 is 0 Å². The number of anilines is 1. The summed E-state index contributed by atoms with van der Waals surface area (Å²) in [6.07, 6.45) is 1.72. The molecule has 2 amide bonds. The highest BCUT2D eigenvalue weighted by molar-refractivity contribution is 7.92. The van der Waals surface area contributed by atoms with Crippen LogP contribution in [0.4, 0.5) is 5.69 Å². The number of sulfonamides is 1. The summed E-state index contributed by atoms with van der Waals surface area (Å²) in [5.41, 5.74) is 1.08. The van der Waals surface area contributed by atoms with Crippen LogP contribution in [0.5, 0.6) is 5.75 Å². The van der Waals surface area contributed by atoms with Gasteiger partial charge in [-0.1, -0.05) is 47.8 Å². The van der Waals surface area contributed by atoms with Crippen LogP contribution >= 0.6 is 34.8 Å². The highest BCUT2D eigenvalue weighted by Gasteiger charge is 2.29. The number of carbonyl (C=O) groups is 2. The van der Waals surface area contributed by atoms with Gasteiger partial charge in [-0.15, -0.1) is 0 Å². The number of halogens is 3. The van der Waals surface area contributed by atoms with E-state index in [4.69, 9.17) is 39.5 Å². The number of ether oxygens (including phenoxy) is 1. The summed E-state index contributed by atoms with van der Waals surface area (Å²) < 4.78 is 31.4. The number of hydrogen-bond acceptors (Lipinski definition) is 5. The van der Waals surface area contributed by atoms with Crippen molar-refractivity contribution < 1.29 is 22.7 Å². The summed E-state index contributed by atoms with van der Waals surface area (Å²) in [4.78, 5) is 27.9. The van der Waals surface area contributed by atoms with Gasteiger partial charge in [-0.05, 0) is 62.6 Å². The predicted molar refractivity (Wildman–Crippen MR) is 154 cm³/mol. The molecule has 0 saturated heterocycles. The molecule has 0 aliphatic carbocycles. The molecule has 0 saturated carbocycles.